The number of nitrogens with zero attached hydrogens (tertiary/aromatic N) is 2. The number of rotatable bonds is 12. The lowest BCUT2D eigenvalue weighted by Gasteiger charge is -2.34. The summed E-state index contributed by atoms with van der Waals surface area (Å²) in [6.07, 6.45) is 6.10. The number of carbonyl (C=O) groups is 2. The van der Waals surface area contributed by atoms with Crippen LogP contribution in [0.2, 0.25) is 5.02 Å². The van der Waals surface area contributed by atoms with Crippen LogP contribution in [0.3, 0.4) is 0 Å². The molecule has 1 aliphatic carbocycles. The second-order valence-electron chi connectivity index (χ2n) is 11.3. The monoisotopic (exact) mass is 623 g/mol. The number of amides is 2. The average molecular weight is 624 g/mol. The maximum absolute atomic E-state index is 14.3. The first-order valence-corrected chi connectivity index (χ1v) is 16.9. The highest BCUT2D eigenvalue weighted by molar-refractivity contribution is 7.92. The average Bonchev–Trinajstić information content (AvgIpc) is 3.00. The van der Waals surface area contributed by atoms with Gasteiger partial charge in [-0.3, -0.25) is 13.9 Å². The van der Waals surface area contributed by atoms with Gasteiger partial charge >= 0.3 is 0 Å². The molecule has 0 bridgehead atoms. The molecule has 1 atom stereocenters. The zero-order valence-electron chi connectivity index (χ0n) is 25.3. The van der Waals surface area contributed by atoms with Crippen LogP contribution in [0.15, 0.2) is 77.7 Å². The number of nitrogens with one attached hydrogen (secondary N) is 1. The molecular weight excluding hydrogens is 582 g/mol. The number of hydrogen-bond acceptors (Lipinski definition) is 4. The predicted octanol–water partition coefficient (Wildman–Crippen LogP) is 6.45. The Morgan fingerprint density at radius 1 is 0.953 bits per heavy atom. The van der Waals surface area contributed by atoms with Crippen LogP contribution in [0.25, 0.3) is 0 Å². The zero-order valence-corrected chi connectivity index (χ0v) is 26.8. The van der Waals surface area contributed by atoms with E-state index in [2.05, 4.69) is 5.32 Å². The lowest BCUT2D eigenvalue weighted by molar-refractivity contribution is -0.140. The Morgan fingerprint density at radius 2 is 1.63 bits per heavy atom. The topological polar surface area (TPSA) is 86.8 Å². The van der Waals surface area contributed by atoms with E-state index >= 15 is 0 Å². The summed E-state index contributed by atoms with van der Waals surface area (Å²) in [5.41, 5.74) is 2.93. The van der Waals surface area contributed by atoms with Crippen molar-refractivity contribution < 1.29 is 18.0 Å². The molecule has 0 aromatic heterocycles. The molecule has 3 aromatic carbocycles. The van der Waals surface area contributed by atoms with E-state index in [1.807, 2.05) is 44.2 Å². The van der Waals surface area contributed by atoms with Crippen LogP contribution in [0.5, 0.6) is 0 Å². The van der Waals surface area contributed by atoms with Gasteiger partial charge in [0, 0.05) is 17.6 Å². The van der Waals surface area contributed by atoms with Crippen LogP contribution in [0.1, 0.15) is 62.1 Å². The number of hydrogen-bond donors (Lipinski definition) is 1. The van der Waals surface area contributed by atoms with Crippen LogP contribution in [-0.2, 0) is 26.0 Å². The summed E-state index contributed by atoms with van der Waals surface area (Å²) in [6.45, 7) is 5.35. The van der Waals surface area contributed by atoms with Crippen molar-refractivity contribution in [3.63, 3.8) is 0 Å². The Balaban J connectivity index is 1.70. The molecule has 0 radical (unpaired) electrons. The SMILES string of the molecule is CCC(C(=O)NC1CCCCC1)N(CCc1ccccc1)C(=O)CN(c1cc(Cl)ccc1C)S(=O)(=O)c1ccc(C)cc1. The van der Waals surface area contributed by atoms with Gasteiger partial charge in [-0.05, 0) is 74.9 Å². The molecule has 230 valence electrons. The maximum Gasteiger partial charge on any atom is 0.264 e. The van der Waals surface area contributed by atoms with Gasteiger partial charge in [-0.1, -0.05) is 91.9 Å². The molecule has 43 heavy (non-hydrogen) atoms. The van der Waals surface area contributed by atoms with Gasteiger partial charge in [-0.15, -0.1) is 0 Å². The lowest BCUT2D eigenvalue weighted by Crippen LogP contribution is -2.54. The Hall–Kier alpha value is -3.36. The Morgan fingerprint density at radius 3 is 2.28 bits per heavy atom. The largest absolute Gasteiger partial charge is 0.352 e. The number of halogens is 1. The number of benzene rings is 3. The fraction of sp³-hybridized carbons (Fsp3) is 0.412. The van der Waals surface area contributed by atoms with Gasteiger partial charge in [0.25, 0.3) is 10.0 Å². The summed E-state index contributed by atoms with van der Waals surface area (Å²) in [5.74, 6) is -0.640. The fourth-order valence-electron chi connectivity index (χ4n) is 5.64. The van der Waals surface area contributed by atoms with Gasteiger partial charge in [-0.25, -0.2) is 8.42 Å². The molecule has 0 spiro atoms. The van der Waals surface area contributed by atoms with Crippen LogP contribution in [0, 0.1) is 13.8 Å². The third-order valence-corrected chi connectivity index (χ3v) is 10.2. The molecule has 1 unspecified atom stereocenters. The van der Waals surface area contributed by atoms with Gasteiger partial charge in [0.15, 0.2) is 0 Å². The number of sulfonamides is 1. The second-order valence-corrected chi connectivity index (χ2v) is 13.6. The van der Waals surface area contributed by atoms with Crippen molar-refractivity contribution in [3.05, 3.63) is 94.5 Å². The van der Waals surface area contributed by atoms with Crippen molar-refractivity contribution in [2.45, 2.75) is 82.7 Å². The Kier molecular flexibility index (Phi) is 11.3. The predicted molar refractivity (Wildman–Crippen MR) is 173 cm³/mol. The minimum Gasteiger partial charge on any atom is -0.352 e. The molecule has 1 aliphatic rings. The number of anilines is 1. The summed E-state index contributed by atoms with van der Waals surface area (Å²) in [7, 11) is -4.15. The van der Waals surface area contributed by atoms with Crippen LogP contribution < -0.4 is 9.62 Å². The summed E-state index contributed by atoms with van der Waals surface area (Å²) < 4.78 is 29.4. The smallest absolute Gasteiger partial charge is 0.264 e. The van der Waals surface area contributed by atoms with Crippen molar-refractivity contribution in [1.29, 1.82) is 0 Å². The first-order chi connectivity index (χ1) is 20.6. The highest BCUT2D eigenvalue weighted by Crippen LogP contribution is 2.30. The van der Waals surface area contributed by atoms with Crippen LogP contribution in [0.4, 0.5) is 5.69 Å². The van der Waals surface area contributed by atoms with Crippen molar-refractivity contribution in [2.75, 3.05) is 17.4 Å². The van der Waals surface area contributed by atoms with Crippen molar-refractivity contribution in [3.8, 4) is 0 Å². The molecule has 0 aliphatic heterocycles. The van der Waals surface area contributed by atoms with Crippen molar-refractivity contribution in [1.82, 2.24) is 10.2 Å². The van der Waals surface area contributed by atoms with Gasteiger partial charge < -0.3 is 10.2 Å². The van der Waals surface area contributed by atoms with E-state index < -0.39 is 28.5 Å². The van der Waals surface area contributed by atoms with E-state index in [-0.39, 0.29) is 23.4 Å². The molecule has 1 N–H and O–H groups in total. The molecule has 7 nitrogen and oxygen atoms in total. The quantitative estimate of drug-likeness (QED) is 0.251. The highest BCUT2D eigenvalue weighted by atomic mass is 35.5. The molecule has 3 aromatic rings. The van der Waals surface area contributed by atoms with Crippen LogP contribution >= 0.6 is 11.6 Å². The molecule has 4 rings (SSSR count). The first-order valence-electron chi connectivity index (χ1n) is 15.1. The Bertz CT molecular complexity index is 1490. The van der Waals surface area contributed by atoms with Gasteiger partial charge in [0.2, 0.25) is 11.8 Å². The Labute approximate surface area is 261 Å². The summed E-state index contributed by atoms with van der Waals surface area (Å²) >= 11 is 6.33. The maximum atomic E-state index is 14.3. The number of carbonyl (C=O) groups excluding carboxylic acids is 2. The van der Waals surface area contributed by atoms with E-state index in [1.54, 1.807) is 54.3 Å². The van der Waals surface area contributed by atoms with E-state index in [1.165, 1.54) is 6.42 Å². The first kappa shape index (κ1) is 32.6. The van der Waals surface area contributed by atoms with Crippen LogP contribution in [-0.4, -0.2) is 50.3 Å². The second kappa shape index (κ2) is 14.9. The molecule has 1 fully saturated rings. The van der Waals surface area contributed by atoms with E-state index in [0.29, 0.717) is 29.1 Å². The summed E-state index contributed by atoms with van der Waals surface area (Å²) in [4.78, 5) is 29.6. The van der Waals surface area contributed by atoms with Gasteiger partial charge in [0.1, 0.15) is 12.6 Å². The highest BCUT2D eigenvalue weighted by Gasteiger charge is 2.34. The summed E-state index contributed by atoms with van der Waals surface area (Å²) in [6, 6.07) is 20.7. The minimum absolute atomic E-state index is 0.0724. The molecule has 0 heterocycles. The molecule has 1 saturated carbocycles. The standard InChI is InChI=1S/C34H42ClN3O4S/c1-4-31(34(40)36-29-13-9-6-10-14-29)37(22-21-27-11-7-5-8-12-27)33(39)24-38(32-23-28(35)18-17-26(32)3)43(41,42)30-19-15-25(2)16-20-30/h5,7-8,11-12,15-20,23,29,31H,4,6,9-10,13-14,21-22,24H2,1-3H3,(H,36,40). The third kappa shape index (κ3) is 8.39. The van der Waals surface area contributed by atoms with E-state index in [9.17, 15) is 18.0 Å². The normalized spacial score (nSPS) is 14.6. The minimum atomic E-state index is -4.15. The van der Waals surface area contributed by atoms with Gasteiger partial charge in [0.05, 0.1) is 10.6 Å². The number of aryl methyl sites for hydroxylation is 2. The molecular formula is C34H42ClN3O4S. The summed E-state index contributed by atoms with van der Waals surface area (Å²) in [5, 5.41) is 3.54. The van der Waals surface area contributed by atoms with E-state index in [4.69, 9.17) is 11.6 Å². The molecule has 0 saturated heterocycles. The zero-order chi connectivity index (χ0) is 31.0. The molecule has 2 amide bonds. The van der Waals surface area contributed by atoms with Crippen molar-refractivity contribution >= 4 is 39.1 Å². The van der Waals surface area contributed by atoms with E-state index in [0.717, 1.165) is 41.1 Å². The molecule has 9 heteroatoms. The lowest BCUT2D eigenvalue weighted by atomic mass is 9.95. The fourth-order valence-corrected chi connectivity index (χ4v) is 7.28. The van der Waals surface area contributed by atoms with Gasteiger partial charge in [-0.2, -0.15) is 0 Å². The van der Waals surface area contributed by atoms with Crippen molar-refractivity contribution in [2.24, 2.45) is 0 Å². The third-order valence-electron chi connectivity index (χ3n) is 8.15.